The van der Waals surface area contributed by atoms with Crippen LogP contribution >= 0.6 is 24.0 Å². The number of carbonyl (C=O) groups is 1. The summed E-state index contributed by atoms with van der Waals surface area (Å²) in [5.74, 6) is 2.28. The van der Waals surface area contributed by atoms with Crippen LogP contribution in [0.2, 0.25) is 0 Å². The SMILES string of the molecule is CCNC(=NCc1cccc(OCC(=O)N(C)C)c1)N(C)CCC1CCOCC1.I. The van der Waals surface area contributed by atoms with E-state index in [2.05, 4.69) is 24.2 Å². The van der Waals surface area contributed by atoms with Crippen LogP contribution in [0.1, 0.15) is 31.7 Å². The van der Waals surface area contributed by atoms with E-state index < -0.39 is 0 Å². The summed E-state index contributed by atoms with van der Waals surface area (Å²) >= 11 is 0. The van der Waals surface area contributed by atoms with Gasteiger partial charge in [0.1, 0.15) is 5.75 Å². The number of hydrogen-bond donors (Lipinski definition) is 1. The molecule has 8 heteroatoms. The molecule has 0 atom stereocenters. The number of ether oxygens (including phenoxy) is 2. The molecule has 2 rings (SSSR count). The van der Waals surface area contributed by atoms with Gasteiger partial charge in [0.2, 0.25) is 0 Å². The number of carbonyl (C=O) groups excluding carboxylic acids is 1. The van der Waals surface area contributed by atoms with Crippen molar-refractivity contribution in [2.75, 3.05) is 54.1 Å². The molecule has 0 bridgehead atoms. The Kier molecular flexibility index (Phi) is 12.8. The van der Waals surface area contributed by atoms with Gasteiger partial charge in [-0.05, 0) is 49.8 Å². The van der Waals surface area contributed by atoms with Crippen molar-refractivity contribution < 1.29 is 14.3 Å². The molecule has 1 aliphatic heterocycles. The highest BCUT2D eigenvalue weighted by molar-refractivity contribution is 14.0. The van der Waals surface area contributed by atoms with Gasteiger partial charge >= 0.3 is 0 Å². The second kappa shape index (κ2) is 14.5. The van der Waals surface area contributed by atoms with Gasteiger partial charge in [0.15, 0.2) is 12.6 Å². The smallest absolute Gasteiger partial charge is 0.259 e. The van der Waals surface area contributed by atoms with Crippen LogP contribution in [0.15, 0.2) is 29.3 Å². The van der Waals surface area contributed by atoms with Gasteiger partial charge in [0.25, 0.3) is 5.91 Å². The number of rotatable bonds is 9. The van der Waals surface area contributed by atoms with Gasteiger partial charge in [0, 0.05) is 47.4 Å². The van der Waals surface area contributed by atoms with Crippen molar-refractivity contribution >= 4 is 35.8 Å². The van der Waals surface area contributed by atoms with Crippen LogP contribution in [0.25, 0.3) is 0 Å². The third-order valence-corrected chi connectivity index (χ3v) is 5.08. The van der Waals surface area contributed by atoms with Crippen LogP contribution in [0.3, 0.4) is 0 Å². The van der Waals surface area contributed by atoms with Crippen LogP contribution < -0.4 is 10.1 Å². The molecule has 0 spiro atoms. The van der Waals surface area contributed by atoms with Crippen molar-refractivity contribution in [3.8, 4) is 5.75 Å². The fourth-order valence-electron chi connectivity index (χ4n) is 3.16. The molecule has 7 nitrogen and oxygen atoms in total. The molecule has 0 radical (unpaired) electrons. The van der Waals surface area contributed by atoms with E-state index in [-0.39, 0.29) is 36.5 Å². The van der Waals surface area contributed by atoms with Crippen molar-refractivity contribution in [2.45, 2.75) is 32.7 Å². The highest BCUT2D eigenvalue weighted by Crippen LogP contribution is 2.18. The lowest BCUT2D eigenvalue weighted by Crippen LogP contribution is -2.40. The minimum absolute atomic E-state index is 0. The topological polar surface area (TPSA) is 66.4 Å². The van der Waals surface area contributed by atoms with Crippen LogP contribution in [0.4, 0.5) is 0 Å². The van der Waals surface area contributed by atoms with Gasteiger partial charge in [-0.3, -0.25) is 4.79 Å². The Labute approximate surface area is 198 Å². The molecular formula is C22H37IN4O3. The van der Waals surface area contributed by atoms with Gasteiger partial charge in [0.05, 0.1) is 6.54 Å². The number of halogens is 1. The van der Waals surface area contributed by atoms with Crippen molar-refractivity contribution in [2.24, 2.45) is 10.9 Å². The number of nitrogens with zero attached hydrogens (tertiary/aromatic N) is 3. The summed E-state index contributed by atoms with van der Waals surface area (Å²) in [6.45, 7) is 6.27. The maximum atomic E-state index is 11.7. The van der Waals surface area contributed by atoms with Crippen molar-refractivity contribution in [1.29, 1.82) is 0 Å². The predicted molar refractivity (Wildman–Crippen MR) is 132 cm³/mol. The third kappa shape index (κ3) is 9.51. The lowest BCUT2D eigenvalue weighted by molar-refractivity contribution is -0.130. The lowest BCUT2D eigenvalue weighted by atomic mass is 9.96. The fraction of sp³-hybridized carbons (Fsp3) is 0.636. The van der Waals surface area contributed by atoms with E-state index in [0.29, 0.717) is 12.3 Å². The number of nitrogens with one attached hydrogen (secondary N) is 1. The number of likely N-dealkylation sites (N-methyl/N-ethyl adjacent to an activating group) is 1. The van der Waals surface area contributed by atoms with E-state index in [1.165, 1.54) is 4.90 Å². The number of hydrogen-bond acceptors (Lipinski definition) is 4. The molecule has 30 heavy (non-hydrogen) atoms. The average Bonchev–Trinajstić information content (AvgIpc) is 2.74. The zero-order valence-electron chi connectivity index (χ0n) is 18.7. The summed E-state index contributed by atoms with van der Waals surface area (Å²) in [5, 5.41) is 3.38. The quantitative estimate of drug-likeness (QED) is 0.301. The van der Waals surface area contributed by atoms with Crippen LogP contribution in [0.5, 0.6) is 5.75 Å². The van der Waals surface area contributed by atoms with E-state index in [4.69, 9.17) is 14.5 Å². The van der Waals surface area contributed by atoms with Crippen LogP contribution in [-0.4, -0.2) is 75.7 Å². The van der Waals surface area contributed by atoms with Crippen LogP contribution in [0, 0.1) is 5.92 Å². The number of benzene rings is 1. The first-order chi connectivity index (χ1) is 14.0. The molecule has 170 valence electrons. The molecule has 1 heterocycles. The zero-order valence-corrected chi connectivity index (χ0v) is 21.1. The minimum atomic E-state index is -0.0611. The molecule has 1 aromatic rings. The maximum Gasteiger partial charge on any atom is 0.259 e. The van der Waals surface area contributed by atoms with Crippen LogP contribution in [-0.2, 0) is 16.1 Å². The Bertz CT molecular complexity index is 664. The lowest BCUT2D eigenvalue weighted by Gasteiger charge is -2.26. The zero-order chi connectivity index (χ0) is 21.1. The minimum Gasteiger partial charge on any atom is -0.484 e. The summed E-state index contributed by atoms with van der Waals surface area (Å²) in [6, 6.07) is 7.76. The molecule has 0 saturated carbocycles. The largest absolute Gasteiger partial charge is 0.484 e. The highest BCUT2D eigenvalue weighted by atomic mass is 127. The number of aliphatic imine (C=N–C) groups is 1. The van der Waals surface area contributed by atoms with E-state index in [1.54, 1.807) is 14.1 Å². The van der Waals surface area contributed by atoms with Gasteiger partial charge in [-0.1, -0.05) is 12.1 Å². The Balaban J connectivity index is 0.00000450. The fourth-order valence-corrected chi connectivity index (χ4v) is 3.16. The van der Waals surface area contributed by atoms with Gasteiger partial charge in [-0.15, -0.1) is 24.0 Å². The maximum absolute atomic E-state index is 11.7. The Morgan fingerprint density at radius 2 is 2.00 bits per heavy atom. The third-order valence-electron chi connectivity index (χ3n) is 5.08. The number of guanidine groups is 1. The Hall–Kier alpha value is -1.55. The van der Waals surface area contributed by atoms with E-state index in [1.807, 2.05) is 24.3 Å². The molecular weight excluding hydrogens is 495 g/mol. The first-order valence-corrected chi connectivity index (χ1v) is 10.5. The Morgan fingerprint density at radius 3 is 2.67 bits per heavy atom. The molecule has 1 N–H and O–H groups in total. The van der Waals surface area contributed by atoms with E-state index in [0.717, 1.165) is 63.0 Å². The molecule has 1 saturated heterocycles. The van der Waals surface area contributed by atoms with Gasteiger partial charge < -0.3 is 24.6 Å². The molecule has 0 unspecified atom stereocenters. The van der Waals surface area contributed by atoms with Crippen molar-refractivity contribution in [3.63, 3.8) is 0 Å². The summed E-state index contributed by atoms with van der Waals surface area (Å²) in [4.78, 5) is 20.2. The average molecular weight is 532 g/mol. The monoisotopic (exact) mass is 532 g/mol. The van der Waals surface area contributed by atoms with E-state index in [9.17, 15) is 4.79 Å². The van der Waals surface area contributed by atoms with E-state index >= 15 is 0 Å². The summed E-state index contributed by atoms with van der Waals surface area (Å²) in [7, 11) is 5.53. The second-order valence-electron chi connectivity index (χ2n) is 7.66. The summed E-state index contributed by atoms with van der Waals surface area (Å²) < 4.78 is 11.1. The van der Waals surface area contributed by atoms with Gasteiger partial charge in [-0.25, -0.2) is 4.99 Å². The van der Waals surface area contributed by atoms with Crippen molar-refractivity contribution in [3.05, 3.63) is 29.8 Å². The van der Waals surface area contributed by atoms with Crippen molar-refractivity contribution in [1.82, 2.24) is 15.1 Å². The predicted octanol–water partition coefficient (Wildman–Crippen LogP) is 2.99. The first kappa shape index (κ1) is 26.5. The second-order valence-corrected chi connectivity index (χ2v) is 7.66. The molecule has 0 aliphatic carbocycles. The first-order valence-electron chi connectivity index (χ1n) is 10.5. The molecule has 1 fully saturated rings. The molecule has 0 aromatic heterocycles. The number of amides is 1. The Morgan fingerprint density at radius 1 is 1.27 bits per heavy atom. The standard InChI is InChI=1S/C22H36N4O3.HI/c1-5-23-22(26(4)12-9-18-10-13-28-14-11-18)24-16-19-7-6-8-20(15-19)29-17-21(27)25(2)3;/h6-8,15,18H,5,9-14,16-17H2,1-4H3,(H,23,24);1H. The summed E-state index contributed by atoms with van der Waals surface area (Å²) in [5.41, 5.74) is 1.05. The molecule has 1 aromatic carbocycles. The highest BCUT2D eigenvalue weighted by Gasteiger charge is 2.15. The normalized spacial score (nSPS) is 14.6. The molecule has 1 amide bonds. The molecule has 1 aliphatic rings. The summed E-state index contributed by atoms with van der Waals surface area (Å²) in [6.07, 6.45) is 3.47. The van der Waals surface area contributed by atoms with Gasteiger partial charge in [-0.2, -0.15) is 0 Å².